The van der Waals surface area contributed by atoms with Crippen LogP contribution in [0, 0.1) is 0 Å². The molecule has 22 heavy (non-hydrogen) atoms. The Labute approximate surface area is 137 Å². The van der Waals surface area contributed by atoms with E-state index in [1.807, 2.05) is 0 Å². The molecule has 0 saturated carbocycles. The Morgan fingerprint density at radius 1 is 1.05 bits per heavy atom. The first-order valence-corrected chi connectivity index (χ1v) is 9.58. The number of halogens is 1. The van der Waals surface area contributed by atoms with Gasteiger partial charge in [0.15, 0.2) is 0 Å². The fraction of sp³-hybridized carbons (Fsp3) is 0.500. The van der Waals surface area contributed by atoms with Crippen LogP contribution in [0.15, 0.2) is 34.1 Å². The molecule has 0 spiro atoms. The molecule has 1 aromatic rings. The summed E-state index contributed by atoms with van der Waals surface area (Å²) in [4.78, 5) is 0.0893. The van der Waals surface area contributed by atoms with Gasteiger partial charge in [-0.1, -0.05) is 0 Å². The molecule has 0 unspecified atom stereocenters. The van der Waals surface area contributed by atoms with Gasteiger partial charge in [0, 0.05) is 12.6 Å². The predicted octanol–water partition coefficient (Wildman–Crippen LogP) is 0.0468. The minimum absolute atomic E-state index is 0. The monoisotopic (exact) mass is 369 g/mol. The molecule has 1 atom stereocenters. The summed E-state index contributed by atoms with van der Waals surface area (Å²) in [5.41, 5.74) is 0. The van der Waals surface area contributed by atoms with Gasteiger partial charge < -0.3 is 5.32 Å². The van der Waals surface area contributed by atoms with Crippen LogP contribution in [0.4, 0.5) is 0 Å². The molecule has 0 amide bonds. The largest absolute Gasteiger partial charge is 0.315 e. The number of hydrogen-bond donors (Lipinski definition) is 3. The molecule has 0 bridgehead atoms. The lowest BCUT2D eigenvalue weighted by Gasteiger charge is -2.23. The second-order valence-electron chi connectivity index (χ2n) is 4.84. The van der Waals surface area contributed by atoms with E-state index in [1.54, 1.807) is 0 Å². The van der Waals surface area contributed by atoms with Gasteiger partial charge in [0.25, 0.3) is 0 Å². The maximum atomic E-state index is 12.2. The number of rotatable bonds is 5. The quantitative estimate of drug-likeness (QED) is 0.680. The lowest BCUT2D eigenvalue weighted by atomic mass is 10.1. The van der Waals surface area contributed by atoms with E-state index >= 15 is 0 Å². The molecule has 0 aromatic heterocycles. The number of nitrogens with one attached hydrogen (secondary N) is 3. The van der Waals surface area contributed by atoms with Gasteiger partial charge in [0.05, 0.1) is 9.79 Å². The van der Waals surface area contributed by atoms with E-state index in [0.717, 1.165) is 19.4 Å². The van der Waals surface area contributed by atoms with Crippen LogP contribution in [-0.2, 0) is 20.0 Å². The van der Waals surface area contributed by atoms with E-state index in [0.29, 0.717) is 6.54 Å². The van der Waals surface area contributed by atoms with E-state index in [2.05, 4.69) is 14.8 Å². The molecule has 3 N–H and O–H groups in total. The molecule has 10 heteroatoms. The van der Waals surface area contributed by atoms with Crippen molar-refractivity contribution in [3.8, 4) is 0 Å². The van der Waals surface area contributed by atoms with Gasteiger partial charge in [-0.05, 0) is 50.7 Å². The Kier molecular flexibility index (Phi) is 6.78. The molecule has 1 saturated heterocycles. The van der Waals surface area contributed by atoms with Crippen LogP contribution in [0.1, 0.15) is 12.8 Å². The van der Waals surface area contributed by atoms with Gasteiger partial charge in [-0.2, -0.15) is 0 Å². The lowest BCUT2D eigenvalue weighted by Crippen LogP contribution is -2.45. The topological polar surface area (TPSA) is 104 Å². The van der Waals surface area contributed by atoms with E-state index in [1.165, 1.54) is 31.3 Å². The Morgan fingerprint density at radius 2 is 1.59 bits per heavy atom. The zero-order valence-electron chi connectivity index (χ0n) is 12.1. The highest BCUT2D eigenvalue weighted by Gasteiger charge is 2.22. The molecule has 0 aliphatic carbocycles. The fourth-order valence-corrected chi connectivity index (χ4v) is 4.16. The molecule has 1 aromatic carbocycles. The fourth-order valence-electron chi connectivity index (χ4n) is 2.16. The van der Waals surface area contributed by atoms with Gasteiger partial charge in [-0.3, -0.25) is 0 Å². The standard InChI is InChI=1S/C12H19N3O4S2.ClH/c1-13-20(16,17)11-4-6-12(7-5-11)21(18,19)15-10-3-2-8-14-9-10;/h4-7,10,13-15H,2-3,8-9H2,1H3;1H/t10-;/m0./s1. The third kappa shape index (κ3) is 4.64. The first-order chi connectivity index (χ1) is 9.85. The summed E-state index contributed by atoms with van der Waals surface area (Å²) >= 11 is 0. The van der Waals surface area contributed by atoms with Gasteiger partial charge in [-0.25, -0.2) is 26.3 Å². The van der Waals surface area contributed by atoms with Crippen molar-refractivity contribution in [3.63, 3.8) is 0 Å². The van der Waals surface area contributed by atoms with E-state index < -0.39 is 20.0 Å². The summed E-state index contributed by atoms with van der Waals surface area (Å²) in [6, 6.07) is 5.01. The van der Waals surface area contributed by atoms with Crippen LogP contribution in [0.25, 0.3) is 0 Å². The number of benzene rings is 1. The molecule has 1 heterocycles. The van der Waals surface area contributed by atoms with Crippen LogP contribution < -0.4 is 14.8 Å². The van der Waals surface area contributed by atoms with Crippen LogP contribution >= 0.6 is 12.4 Å². The van der Waals surface area contributed by atoms with Crippen molar-refractivity contribution >= 4 is 32.5 Å². The molecule has 0 radical (unpaired) electrons. The second kappa shape index (κ2) is 7.71. The Hall–Kier alpha value is -0.710. The van der Waals surface area contributed by atoms with Gasteiger partial charge >= 0.3 is 0 Å². The second-order valence-corrected chi connectivity index (χ2v) is 8.44. The van der Waals surface area contributed by atoms with E-state index in [9.17, 15) is 16.8 Å². The SMILES string of the molecule is CNS(=O)(=O)c1ccc(S(=O)(=O)N[C@H]2CCCNC2)cc1.Cl. The summed E-state index contributed by atoms with van der Waals surface area (Å²) < 4.78 is 52.5. The molecule has 2 rings (SSSR count). The van der Waals surface area contributed by atoms with Gasteiger partial charge in [0.1, 0.15) is 0 Å². The molecule has 126 valence electrons. The normalized spacial score (nSPS) is 19.4. The Bertz CT molecular complexity index is 684. The minimum Gasteiger partial charge on any atom is -0.315 e. The zero-order chi connectivity index (χ0) is 15.5. The van der Waals surface area contributed by atoms with Crippen LogP contribution in [0.3, 0.4) is 0 Å². The van der Waals surface area contributed by atoms with E-state index in [-0.39, 0.29) is 28.2 Å². The smallest absolute Gasteiger partial charge is 0.240 e. The van der Waals surface area contributed by atoms with Crippen molar-refractivity contribution in [1.29, 1.82) is 0 Å². The zero-order valence-corrected chi connectivity index (χ0v) is 14.5. The number of sulfonamides is 2. The summed E-state index contributed by atoms with van der Waals surface area (Å²) in [6.07, 6.45) is 1.71. The van der Waals surface area contributed by atoms with Crippen LogP contribution in [-0.4, -0.2) is 43.0 Å². The third-order valence-electron chi connectivity index (χ3n) is 3.33. The van der Waals surface area contributed by atoms with E-state index in [4.69, 9.17) is 0 Å². The Balaban J connectivity index is 0.00000242. The average Bonchev–Trinajstić information content (AvgIpc) is 2.48. The summed E-state index contributed by atoms with van der Waals surface area (Å²) in [6.45, 7) is 1.50. The van der Waals surface area contributed by atoms with Gasteiger partial charge in [-0.15, -0.1) is 12.4 Å². The van der Waals surface area contributed by atoms with Crippen molar-refractivity contribution in [2.45, 2.75) is 28.7 Å². The summed E-state index contributed by atoms with van der Waals surface area (Å²) in [7, 11) is -5.89. The molecule has 7 nitrogen and oxygen atoms in total. The lowest BCUT2D eigenvalue weighted by molar-refractivity contribution is 0.428. The first kappa shape index (κ1) is 19.3. The highest BCUT2D eigenvalue weighted by Crippen LogP contribution is 2.15. The molecular weight excluding hydrogens is 350 g/mol. The Morgan fingerprint density at radius 3 is 2.05 bits per heavy atom. The maximum Gasteiger partial charge on any atom is 0.240 e. The predicted molar refractivity (Wildman–Crippen MR) is 86.1 cm³/mol. The molecular formula is C12H20ClN3O4S2. The number of piperidine rings is 1. The molecule has 1 aliphatic heterocycles. The first-order valence-electron chi connectivity index (χ1n) is 6.62. The van der Waals surface area contributed by atoms with Crippen LogP contribution in [0.5, 0.6) is 0 Å². The minimum atomic E-state index is -3.63. The number of hydrogen-bond acceptors (Lipinski definition) is 5. The third-order valence-corrected chi connectivity index (χ3v) is 6.30. The van der Waals surface area contributed by atoms with Crippen molar-refractivity contribution < 1.29 is 16.8 Å². The highest BCUT2D eigenvalue weighted by atomic mass is 35.5. The van der Waals surface area contributed by atoms with Crippen molar-refractivity contribution in [2.75, 3.05) is 20.1 Å². The molecule has 1 fully saturated rings. The van der Waals surface area contributed by atoms with Crippen molar-refractivity contribution in [3.05, 3.63) is 24.3 Å². The highest BCUT2D eigenvalue weighted by molar-refractivity contribution is 7.90. The average molecular weight is 370 g/mol. The van der Waals surface area contributed by atoms with Crippen molar-refractivity contribution in [1.82, 2.24) is 14.8 Å². The summed E-state index contributed by atoms with van der Waals surface area (Å²) in [5.74, 6) is 0. The van der Waals surface area contributed by atoms with Crippen LogP contribution in [0.2, 0.25) is 0 Å². The van der Waals surface area contributed by atoms with Crippen molar-refractivity contribution in [2.24, 2.45) is 0 Å². The van der Waals surface area contributed by atoms with Gasteiger partial charge in [0.2, 0.25) is 20.0 Å². The summed E-state index contributed by atoms with van der Waals surface area (Å²) in [5, 5.41) is 3.13. The maximum absolute atomic E-state index is 12.2. The molecule has 1 aliphatic rings.